The molecule has 2 rings (SSSR count). The van der Waals surface area contributed by atoms with Crippen LogP contribution in [0.3, 0.4) is 0 Å². The van der Waals surface area contributed by atoms with Crippen molar-refractivity contribution in [2.45, 2.75) is 20.0 Å². The lowest BCUT2D eigenvalue weighted by Crippen LogP contribution is -2.02. The van der Waals surface area contributed by atoms with E-state index in [0.29, 0.717) is 0 Å². The number of rotatable bonds is 3. The van der Waals surface area contributed by atoms with Gasteiger partial charge in [0.1, 0.15) is 0 Å². The van der Waals surface area contributed by atoms with Gasteiger partial charge in [-0.25, -0.2) is 9.67 Å². The molecule has 0 aliphatic rings. The van der Waals surface area contributed by atoms with Gasteiger partial charge in [-0.15, -0.1) is 0 Å². The average molecular weight is 203 g/mol. The van der Waals surface area contributed by atoms with Crippen LogP contribution in [-0.4, -0.2) is 19.9 Å². The van der Waals surface area contributed by atoms with E-state index < -0.39 is 0 Å². The lowest BCUT2D eigenvalue weighted by molar-refractivity contribution is 0.281. The summed E-state index contributed by atoms with van der Waals surface area (Å²) in [5.74, 6) is 0.753. The summed E-state index contributed by atoms with van der Waals surface area (Å²) in [7, 11) is 0. The van der Waals surface area contributed by atoms with Gasteiger partial charge >= 0.3 is 0 Å². The van der Waals surface area contributed by atoms with Crippen LogP contribution >= 0.6 is 0 Å². The van der Waals surface area contributed by atoms with Crippen molar-refractivity contribution in [2.75, 3.05) is 0 Å². The molecule has 4 heteroatoms. The summed E-state index contributed by atoms with van der Waals surface area (Å²) in [6.07, 6.45) is 4.39. The largest absolute Gasteiger partial charge is 0.392 e. The van der Waals surface area contributed by atoms with Gasteiger partial charge < -0.3 is 5.11 Å². The summed E-state index contributed by atoms with van der Waals surface area (Å²) in [4.78, 5) is 4.43. The first kappa shape index (κ1) is 9.86. The zero-order chi connectivity index (χ0) is 10.7. The van der Waals surface area contributed by atoms with Crippen LogP contribution in [0.4, 0.5) is 0 Å². The molecule has 2 heterocycles. The smallest absolute Gasteiger partial charge is 0.153 e. The third kappa shape index (κ3) is 2.05. The number of aryl methyl sites for hydroxylation is 1. The van der Waals surface area contributed by atoms with Gasteiger partial charge in [0.25, 0.3) is 0 Å². The van der Waals surface area contributed by atoms with Gasteiger partial charge in [-0.1, -0.05) is 6.92 Å². The van der Waals surface area contributed by atoms with Crippen LogP contribution in [0.15, 0.2) is 30.6 Å². The summed E-state index contributed by atoms with van der Waals surface area (Å²) in [6, 6.07) is 5.60. The van der Waals surface area contributed by atoms with Gasteiger partial charge in [0.2, 0.25) is 0 Å². The Kier molecular flexibility index (Phi) is 2.78. The highest BCUT2D eigenvalue weighted by Crippen LogP contribution is 2.10. The number of pyridine rings is 1. The van der Waals surface area contributed by atoms with Gasteiger partial charge in [0.15, 0.2) is 5.82 Å². The highest BCUT2D eigenvalue weighted by molar-refractivity contribution is 5.30. The zero-order valence-corrected chi connectivity index (χ0v) is 8.59. The van der Waals surface area contributed by atoms with Gasteiger partial charge in [-0.05, 0) is 30.2 Å². The predicted molar refractivity (Wildman–Crippen MR) is 56.7 cm³/mol. The fourth-order valence-corrected chi connectivity index (χ4v) is 1.43. The molecule has 0 aliphatic carbocycles. The van der Waals surface area contributed by atoms with Crippen LogP contribution in [-0.2, 0) is 13.0 Å². The molecule has 78 valence electrons. The van der Waals surface area contributed by atoms with Crippen molar-refractivity contribution in [1.82, 2.24) is 14.8 Å². The number of nitrogens with zero attached hydrogens (tertiary/aromatic N) is 3. The zero-order valence-electron chi connectivity index (χ0n) is 8.59. The lowest BCUT2D eigenvalue weighted by Gasteiger charge is -2.05. The number of hydrogen-bond donors (Lipinski definition) is 1. The highest BCUT2D eigenvalue weighted by atomic mass is 16.3. The molecule has 2 aromatic heterocycles. The van der Waals surface area contributed by atoms with Crippen LogP contribution < -0.4 is 0 Å². The molecule has 15 heavy (non-hydrogen) atoms. The third-order valence-electron chi connectivity index (χ3n) is 2.21. The van der Waals surface area contributed by atoms with Gasteiger partial charge in [0.05, 0.1) is 6.61 Å². The first-order chi connectivity index (χ1) is 7.33. The molecule has 0 unspecified atom stereocenters. The monoisotopic (exact) mass is 203 g/mol. The quantitative estimate of drug-likeness (QED) is 0.818. The molecule has 0 saturated carbocycles. The molecular weight excluding hydrogens is 190 g/mol. The van der Waals surface area contributed by atoms with E-state index >= 15 is 0 Å². The Morgan fingerprint density at radius 1 is 1.40 bits per heavy atom. The first-order valence-corrected chi connectivity index (χ1v) is 4.94. The molecular formula is C11H13N3O. The van der Waals surface area contributed by atoms with Crippen molar-refractivity contribution in [3.05, 3.63) is 41.9 Å². The van der Waals surface area contributed by atoms with Crippen molar-refractivity contribution in [3.63, 3.8) is 0 Å². The fourth-order valence-electron chi connectivity index (χ4n) is 1.43. The Morgan fingerprint density at radius 2 is 2.27 bits per heavy atom. The standard InChI is InChI=1S/C11H13N3O/c1-2-10-6-9(8-15)7-11(13-10)14-5-3-4-12-14/h3-7,15H,2,8H2,1H3. The van der Waals surface area contributed by atoms with E-state index in [1.807, 2.05) is 31.3 Å². The Labute approximate surface area is 88.2 Å². The van der Waals surface area contributed by atoms with Crippen LogP contribution in [0.1, 0.15) is 18.2 Å². The molecule has 2 aromatic rings. The molecule has 0 bridgehead atoms. The number of aliphatic hydroxyl groups excluding tert-OH is 1. The van der Waals surface area contributed by atoms with Gasteiger partial charge in [-0.3, -0.25) is 0 Å². The van der Waals surface area contributed by atoms with Crippen LogP contribution in [0, 0.1) is 0 Å². The minimum atomic E-state index is 0.0315. The SMILES string of the molecule is CCc1cc(CO)cc(-n2cccn2)n1. The Bertz CT molecular complexity index is 415. The molecule has 0 atom stereocenters. The van der Waals surface area contributed by atoms with E-state index in [1.165, 1.54) is 0 Å². The van der Waals surface area contributed by atoms with Gasteiger partial charge in [0, 0.05) is 18.1 Å². The van der Waals surface area contributed by atoms with Crippen LogP contribution in [0.2, 0.25) is 0 Å². The van der Waals surface area contributed by atoms with E-state index in [-0.39, 0.29) is 6.61 Å². The van der Waals surface area contributed by atoms with E-state index in [0.717, 1.165) is 23.5 Å². The molecule has 0 saturated heterocycles. The normalized spacial score (nSPS) is 10.5. The Morgan fingerprint density at radius 3 is 2.87 bits per heavy atom. The minimum absolute atomic E-state index is 0.0315. The van der Waals surface area contributed by atoms with Crippen molar-refractivity contribution in [1.29, 1.82) is 0 Å². The number of hydrogen-bond acceptors (Lipinski definition) is 3. The summed E-state index contributed by atoms with van der Waals surface area (Å²) in [6.45, 7) is 2.07. The Balaban J connectivity index is 2.47. The van der Waals surface area contributed by atoms with Crippen molar-refractivity contribution >= 4 is 0 Å². The molecule has 4 nitrogen and oxygen atoms in total. The van der Waals surface area contributed by atoms with Crippen molar-refractivity contribution in [3.8, 4) is 5.82 Å². The maximum atomic E-state index is 9.12. The van der Waals surface area contributed by atoms with Gasteiger partial charge in [-0.2, -0.15) is 5.10 Å². The minimum Gasteiger partial charge on any atom is -0.392 e. The molecule has 0 radical (unpaired) electrons. The van der Waals surface area contributed by atoms with E-state index in [9.17, 15) is 0 Å². The van der Waals surface area contributed by atoms with E-state index in [1.54, 1.807) is 10.9 Å². The first-order valence-electron chi connectivity index (χ1n) is 4.94. The molecule has 0 fully saturated rings. The fraction of sp³-hybridized carbons (Fsp3) is 0.273. The lowest BCUT2D eigenvalue weighted by atomic mass is 10.2. The summed E-state index contributed by atoms with van der Waals surface area (Å²) in [5.41, 5.74) is 1.83. The van der Waals surface area contributed by atoms with Crippen LogP contribution in [0.25, 0.3) is 5.82 Å². The second-order valence-electron chi connectivity index (χ2n) is 3.29. The van der Waals surface area contributed by atoms with E-state index in [4.69, 9.17) is 5.11 Å². The summed E-state index contributed by atoms with van der Waals surface area (Å²) < 4.78 is 1.69. The van der Waals surface area contributed by atoms with Crippen molar-refractivity contribution < 1.29 is 5.11 Å². The molecule has 0 aromatic carbocycles. The predicted octanol–water partition coefficient (Wildman–Crippen LogP) is 1.32. The second-order valence-corrected chi connectivity index (χ2v) is 3.29. The number of aliphatic hydroxyl groups is 1. The van der Waals surface area contributed by atoms with Crippen LogP contribution in [0.5, 0.6) is 0 Å². The topological polar surface area (TPSA) is 50.9 Å². The Hall–Kier alpha value is -1.68. The molecule has 0 spiro atoms. The molecule has 1 N–H and O–H groups in total. The molecule has 0 amide bonds. The molecule has 0 aliphatic heterocycles. The maximum absolute atomic E-state index is 9.12. The van der Waals surface area contributed by atoms with Crippen molar-refractivity contribution in [2.24, 2.45) is 0 Å². The average Bonchev–Trinajstić information content (AvgIpc) is 2.81. The second kappa shape index (κ2) is 4.23. The summed E-state index contributed by atoms with van der Waals surface area (Å²) in [5, 5.41) is 13.2. The maximum Gasteiger partial charge on any atom is 0.153 e. The summed E-state index contributed by atoms with van der Waals surface area (Å²) >= 11 is 0. The number of aromatic nitrogens is 3. The third-order valence-corrected chi connectivity index (χ3v) is 2.21. The van der Waals surface area contributed by atoms with E-state index in [2.05, 4.69) is 10.1 Å². The highest BCUT2D eigenvalue weighted by Gasteiger charge is 2.02.